The summed E-state index contributed by atoms with van der Waals surface area (Å²) < 4.78 is 40.6. The normalized spacial score (nSPS) is 11.7. The fourth-order valence-corrected chi connectivity index (χ4v) is 2.08. The van der Waals surface area contributed by atoms with Gasteiger partial charge in [-0.25, -0.2) is 9.97 Å². The van der Waals surface area contributed by atoms with E-state index in [-0.39, 0.29) is 12.2 Å². The predicted molar refractivity (Wildman–Crippen MR) is 74.1 cm³/mol. The zero-order valence-electron chi connectivity index (χ0n) is 11.9. The maximum Gasteiger partial charge on any atom is 0.416 e. The smallest absolute Gasteiger partial charge is 0.373 e. The minimum absolute atomic E-state index is 0.202. The zero-order chi connectivity index (χ0) is 15.5. The molecule has 2 rings (SSSR count). The molecular formula is C14H17F3N4. The number of nitrogens with one attached hydrogen (secondary N) is 1. The van der Waals surface area contributed by atoms with Crippen molar-refractivity contribution in [3.8, 4) is 0 Å². The third-order valence-corrected chi connectivity index (χ3v) is 3.07. The standard InChI is InChI=1S/C14H17F3N4/c1-3-5-21-6-4-19-13(21)9-11-7-10(14(15,16)17)8-12(18-2)20-11/h4,6-8H,3,5,9H2,1-2H3,(H,18,20). The van der Waals surface area contributed by atoms with Gasteiger partial charge in [0.1, 0.15) is 11.6 Å². The molecule has 0 saturated heterocycles. The quantitative estimate of drug-likeness (QED) is 0.920. The topological polar surface area (TPSA) is 42.7 Å². The molecule has 0 bridgehead atoms. The Hall–Kier alpha value is -2.05. The van der Waals surface area contributed by atoms with Crippen LogP contribution in [0.1, 0.15) is 30.4 Å². The van der Waals surface area contributed by atoms with Crippen LogP contribution in [0.2, 0.25) is 0 Å². The van der Waals surface area contributed by atoms with Crippen molar-refractivity contribution in [1.82, 2.24) is 14.5 Å². The van der Waals surface area contributed by atoms with Gasteiger partial charge in [-0.05, 0) is 18.6 Å². The van der Waals surface area contributed by atoms with E-state index in [1.807, 2.05) is 17.7 Å². The molecular weight excluding hydrogens is 281 g/mol. The second kappa shape index (κ2) is 6.15. The first-order chi connectivity index (χ1) is 9.94. The van der Waals surface area contributed by atoms with Crippen LogP contribution in [0, 0.1) is 0 Å². The zero-order valence-corrected chi connectivity index (χ0v) is 11.9. The summed E-state index contributed by atoms with van der Waals surface area (Å²) in [5, 5.41) is 2.66. The molecule has 0 saturated carbocycles. The van der Waals surface area contributed by atoms with Crippen molar-refractivity contribution in [3.05, 3.63) is 41.6 Å². The van der Waals surface area contributed by atoms with Crippen LogP contribution >= 0.6 is 0 Å². The SMILES string of the molecule is CCCn1ccnc1Cc1cc(C(F)(F)F)cc(NC)n1. The van der Waals surface area contributed by atoms with E-state index in [2.05, 4.69) is 15.3 Å². The van der Waals surface area contributed by atoms with Crippen LogP contribution in [0.15, 0.2) is 24.5 Å². The molecule has 0 aromatic carbocycles. The minimum Gasteiger partial charge on any atom is -0.373 e. The second-order valence-electron chi connectivity index (χ2n) is 4.69. The monoisotopic (exact) mass is 298 g/mol. The third-order valence-electron chi connectivity index (χ3n) is 3.07. The first-order valence-corrected chi connectivity index (χ1v) is 6.70. The van der Waals surface area contributed by atoms with Crippen molar-refractivity contribution in [3.63, 3.8) is 0 Å². The Morgan fingerprint density at radius 1 is 1.29 bits per heavy atom. The van der Waals surface area contributed by atoms with E-state index in [4.69, 9.17) is 0 Å². The Balaban J connectivity index is 2.33. The van der Waals surface area contributed by atoms with Crippen LogP contribution in [-0.4, -0.2) is 21.6 Å². The molecule has 114 valence electrons. The van der Waals surface area contributed by atoms with Crippen LogP contribution in [0.25, 0.3) is 0 Å². The maximum atomic E-state index is 12.9. The molecule has 0 atom stereocenters. The summed E-state index contributed by atoms with van der Waals surface area (Å²) in [6.45, 7) is 2.82. The molecule has 2 aromatic heterocycles. The van der Waals surface area contributed by atoms with Gasteiger partial charge >= 0.3 is 6.18 Å². The van der Waals surface area contributed by atoms with Crippen LogP contribution in [-0.2, 0) is 19.1 Å². The average Bonchev–Trinajstić information content (AvgIpc) is 2.85. The summed E-state index contributed by atoms with van der Waals surface area (Å²) in [5.74, 6) is 0.916. The van der Waals surface area contributed by atoms with Gasteiger partial charge in [-0.1, -0.05) is 6.92 Å². The summed E-state index contributed by atoms with van der Waals surface area (Å²) in [7, 11) is 1.55. The molecule has 0 fully saturated rings. The van der Waals surface area contributed by atoms with Crippen LogP contribution in [0.3, 0.4) is 0 Å². The molecule has 4 nitrogen and oxygen atoms in total. The van der Waals surface area contributed by atoms with Crippen molar-refractivity contribution in [1.29, 1.82) is 0 Å². The lowest BCUT2D eigenvalue weighted by Gasteiger charge is -2.12. The van der Waals surface area contributed by atoms with Crippen molar-refractivity contribution >= 4 is 5.82 Å². The molecule has 0 aliphatic rings. The number of pyridine rings is 1. The van der Waals surface area contributed by atoms with Crippen LogP contribution < -0.4 is 5.32 Å². The number of aromatic nitrogens is 3. The molecule has 0 aliphatic carbocycles. The van der Waals surface area contributed by atoms with Gasteiger partial charge in [-0.2, -0.15) is 13.2 Å². The summed E-state index contributed by atoms with van der Waals surface area (Å²) in [6, 6.07) is 2.08. The van der Waals surface area contributed by atoms with Gasteiger partial charge in [-0.3, -0.25) is 0 Å². The summed E-state index contributed by atoms with van der Waals surface area (Å²) in [4.78, 5) is 8.38. The van der Waals surface area contributed by atoms with Crippen molar-refractivity contribution < 1.29 is 13.2 Å². The Labute approximate surface area is 121 Å². The fraction of sp³-hybridized carbons (Fsp3) is 0.429. The van der Waals surface area contributed by atoms with Gasteiger partial charge in [0.25, 0.3) is 0 Å². The Morgan fingerprint density at radius 2 is 2.05 bits per heavy atom. The van der Waals surface area contributed by atoms with E-state index >= 15 is 0 Å². The number of alkyl halides is 3. The number of halogens is 3. The molecule has 7 heteroatoms. The molecule has 21 heavy (non-hydrogen) atoms. The molecule has 1 N–H and O–H groups in total. The van der Waals surface area contributed by atoms with Gasteiger partial charge in [0.2, 0.25) is 0 Å². The van der Waals surface area contributed by atoms with Crippen molar-refractivity contribution in [2.75, 3.05) is 12.4 Å². The van der Waals surface area contributed by atoms with Gasteiger partial charge in [0.15, 0.2) is 0 Å². The van der Waals surface area contributed by atoms with Crippen LogP contribution in [0.4, 0.5) is 19.0 Å². The van der Waals surface area contributed by atoms with E-state index in [1.165, 1.54) is 0 Å². The van der Waals surface area contributed by atoms with Gasteiger partial charge in [0, 0.05) is 32.4 Å². The summed E-state index contributed by atoms with van der Waals surface area (Å²) in [5.41, 5.74) is -0.358. The number of hydrogen-bond donors (Lipinski definition) is 1. The molecule has 2 aromatic rings. The fourth-order valence-electron chi connectivity index (χ4n) is 2.08. The van der Waals surface area contributed by atoms with E-state index in [0.29, 0.717) is 11.5 Å². The molecule has 0 spiro atoms. The maximum absolute atomic E-state index is 12.9. The lowest BCUT2D eigenvalue weighted by Crippen LogP contribution is -2.10. The first kappa shape index (κ1) is 15.3. The average molecular weight is 298 g/mol. The number of imidazole rings is 1. The van der Waals surface area contributed by atoms with E-state index < -0.39 is 11.7 Å². The van der Waals surface area contributed by atoms with Gasteiger partial charge in [-0.15, -0.1) is 0 Å². The first-order valence-electron chi connectivity index (χ1n) is 6.70. The molecule has 0 unspecified atom stereocenters. The summed E-state index contributed by atoms with van der Waals surface area (Å²) >= 11 is 0. The number of hydrogen-bond acceptors (Lipinski definition) is 3. The lowest BCUT2D eigenvalue weighted by molar-refractivity contribution is -0.137. The van der Waals surface area contributed by atoms with Crippen molar-refractivity contribution in [2.45, 2.75) is 32.5 Å². The van der Waals surface area contributed by atoms with Gasteiger partial charge in [0.05, 0.1) is 11.3 Å². The second-order valence-corrected chi connectivity index (χ2v) is 4.69. The molecule has 2 heterocycles. The highest BCUT2D eigenvalue weighted by atomic mass is 19.4. The lowest BCUT2D eigenvalue weighted by atomic mass is 10.1. The number of aryl methyl sites for hydroxylation is 1. The number of nitrogens with zero attached hydrogens (tertiary/aromatic N) is 3. The number of rotatable bonds is 5. The Kier molecular flexibility index (Phi) is 4.50. The molecule has 0 radical (unpaired) electrons. The van der Waals surface area contributed by atoms with E-state index in [1.54, 1.807) is 13.2 Å². The number of anilines is 1. The highest BCUT2D eigenvalue weighted by molar-refractivity contribution is 5.40. The van der Waals surface area contributed by atoms with Gasteiger partial charge < -0.3 is 9.88 Å². The predicted octanol–water partition coefficient (Wildman–Crippen LogP) is 3.34. The Morgan fingerprint density at radius 3 is 2.67 bits per heavy atom. The largest absolute Gasteiger partial charge is 0.416 e. The van der Waals surface area contributed by atoms with E-state index in [0.717, 1.165) is 25.1 Å². The van der Waals surface area contributed by atoms with Crippen LogP contribution in [0.5, 0.6) is 0 Å². The van der Waals surface area contributed by atoms with Crippen molar-refractivity contribution in [2.24, 2.45) is 0 Å². The van der Waals surface area contributed by atoms with E-state index in [9.17, 15) is 13.2 Å². The molecule has 0 amide bonds. The molecule has 0 aliphatic heterocycles. The summed E-state index contributed by atoms with van der Waals surface area (Å²) in [6.07, 6.45) is 0.290. The highest BCUT2D eigenvalue weighted by Crippen LogP contribution is 2.31. The third kappa shape index (κ3) is 3.74. The Bertz CT molecular complexity index is 605. The minimum atomic E-state index is -4.39. The highest BCUT2D eigenvalue weighted by Gasteiger charge is 2.31.